The molecule has 1 atom stereocenters. The van der Waals surface area contributed by atoms with Crippen LogP contribution < -0.4 is 5.32 Å². The molecular formula is C12H18N2O4. The molecule has 2 aliphatic rings. The zero-order chi connectivity index (χ0) is 13.3. The quantitative estimate of drug-likeness (QED) is 0.718. The van der Waals surface area contributed by atoms with E-state index in [2.05, 4.69) is 12.2 Å². The van der Waals surface area contributed by atoms with E-state index < -0.39 is 23.9 Å². The van der Waals surface area contributed by atoms with Gasteiger partial charge in [-0.1, -0.05) is 6.92 Å². The van der Waals surface area contributed by atoms with Gasteiger partial charge in [-0.2, -0.15) is 0 Å². The van der Waals surface area contributed by atoms with Crippen molar-refractivity contribution in [2.75, 3.05) is 0 Å². The second-order valence-corrected chi connectivity index (χ2v) is 5.23. The van der Waals surface area contributed by atoms with Crippen molar-refractivity contribution in [3.8, 4) is 0 Å². The first-order valence-corrected chi connectivity index (χ1v) is 6.34. The molecule has 0 aromatic heterocycles. The highest BCUT2D eigenvalue weighted by Gasteiger charge is 2.45. The highest BCUT2D eigenvalue weighted by atomic mass is 16.4. The van der Waals surface area contributed by atoms with E-state index in [0.29, 0.717) is 5.92 Å². The number of imide groups is 1. The molecule has 1 aliphatic carbocycles. The molecule has 1 aliphatic heterocycles. The molecule has 6 nitrogen and oxygen atoms in total. The number of carbonyl (C=O) groups is 3. The van der Waals surface area contributed by atoms with E-state index in [1.54, 1.807) is 0 Å². The van der Waals surface area contributed by atoms with E-state index in [1.165, 1.54) is 0 Å². The van der Waals surface area contributed by atoms with Gasteiger partial charge in [0.05, 0.1) is 6.42 Å². The number of likely N-dealkylation sites (tertiary alicyclic amines) is 1. The molecule has 18 heavy (non-hydrogen) atoms. The van der Waals surface area contributed by atoms with Gasteiger partial charge in [-0.25, -0.2) is 14.5 Å². The van der Waals surface area contributed by atoms with Crippen LogP contribution in [0.4, 0.5) is 4.79 Å². The molecule has 0 bridgehead atoms. The van der Waals surface area contributed by atoms with Crippen molar-refractivity contribution in [2.24, 2.45) is 5.92 Å². The first kappa shape index (κ1) is 12.9. The normalized spacial score (nSPS) is 31.7. The molecule has 0 spiro atoms. The Kier molecular flexibility index (Phi) is 3.54. The van der Waals surface area contributed by atoms with E-state index in [0.717, 1.165) is 30.6 Å². The summed E-state index contributed by atoms with van der Waals surface area (Å²) in [6.07, 6.45) is 3.83. The Bertz CT molecular complexity index is 374. The standard InChI is InChI=1S/C12H18N2O4/c1-7-2-4-8(5-3-7)13-12(18)14-9(11(16)17)6-10(14)15/h7-9H,2-6H2,1H3,(H,13,18)(H,16,17)/t7?,8?,9-/m0/s1. The zero-order valence-corrected chi connectivity index (χ0v) is 10.4. The summed E-state index contributed by atoms with van der Waals surface area (Å²) in [6.45, 7) is 2.18. The summed E-state index contributed by atoms with van der Waals surface area (Å²) >= 11 is 0. The summed E-state index contributed by atoms with van der Waals surface area (Å²) in [5.41, 5.74) is 0. The number of hydrogen-bond donors (Lipinski definition) is 2. The average Bonchev–Trinajstić information content (AvgIpc) is 2.28. The van der Waals surface area contributed by atoms with Crippen molar-refractivity contribution in [3.63, 3.8) is 0 Å². The van der Waals surface area contributed by atoms with Crippen LogP contribution in [0.1, 0.15) is 39.0 Å². The third kappa shape index (κ3) is 2.47. The van der Waals surface area contributed by atoms with Crippen LogP contribution in [0.15, 0.2) is 0 Å². The Morgan fingerprint density at radius 1 is 1.28 bits per heavy atom. The number of nitrogens with one attached hydrogen (secondary N) is 1. The SMILES string of the molecule is CC1CCC(NC(=O)N2C(=O)C[C@H]2C(=O)O)CC1. The van der Waals surface area contributed by atoms with Crippen molar-refractivity contribution in [1.29, 1.82) is 0 Å². The van der Waals surface area contributed by atoms with E-state index in [1.807, 2.05) is 0 Å². The van der Waals surface area contributed by atoms with Gasteiger partial charge in [0.15, 0.2) is 0 Å². The minimum absolute atomic E-state index is 0.0662. The monoisotopic (exact) mass is 254 g/mol. The summed E-state index contributed by atoms with van der Waals surface area (Å²) < 4.78 is 0. The minimum atomic E-state index is -1.12. The second kappa shape index (κ2) is 4.96. The molecule has 0 aromatic carbocycles. The first-order valence-electron chi connectivity index (χ1n) is 6.34. The first-order chi connectivity index (χ1) is 8.49. The van der Waals surface area contributed by atoms with Crippen molar-refractivity contribution in [1.82, 2.24) is 10.2 Å². The van der Waals surface area contributed by atoms with E-state index in [4.69, 9.17) is 5.11 Å². The summed E-state index contributed by atoms with van der Waals surface area (Å²) in [6, 6.07) is -1.48. The van der Waals surface area contributed by atoms with E-state index in [9.17, 15) is 14.4 Å². The van der Waals surface area contributed by atoms with Crippen LogP contribution >= 0.6 is 0 Å². The number of carboxylic acid groups (broad SMARTS) is 1. The molecule has 2 rings (SSSR count). The Hall–Kier alpha value is -1.59. The van der Waals surface area contributed by atoms with Gasteiger partial charge < -0.3 is 10.4 Å². The number of urea groups is 1. The van der Waals surface area contributed by atoms with Gasteiger partial charge in [0, 0.05) is 6.04 Å². The van der Waals surface area contributed by atoms with E-state index >= 15 is 0 Å². The molecule has 0 unspecified atom stereocenters. The lowest BCUT2D eigenvalue weighted by Gasteiger charge is -2.37. The fourth-order valence-electron chi connectivity index (χ4n) is 2.52. The number of hydrogen-bond acceptors (Lipinski definition) is 3. The fourth-order valence-corrected chi connectivity index (χ4v) is 2.52. The maximum Gasteiger partial charge on any atom is 0.327 e. The fraction of sp³-hybridized carbons (Fsp3) is 0.750. The molecular weight excluding hydrogens is 236 g/mol. The number of nitrogens with zero attached hydrogens (tertiary/aromatic N) is 1. The Morgan fingerprint density at radius 2 is 1.89 bits per heavy atom. The smallest absolute Gasteiger partial charge is 0.327 e. The van der Waals surface area contributed by atoms with Crippen molar-refractivity contribution in [3.05, 3.63) is 0 Å². The van der Waals surface area contributed by atoms with Crippen molar-refractivity contribution < 1.29 is 19.5 Å². The minimum Gasteiger partial charge on any atom is -0.480 e. The topological polar surface area (TPSA) is 86.7 Å². The Labute approximate surface area is 105 Å². The summed E-state index contributed by atoms with van der Waals surface area (Å²) in [5, 5.41) is 11.6. The lowest BCUT2D eigenvalue weighted by atomic mass is 9.87. The number of aliphatic carboxylic acids is 1. The Balaban J connectivity index is 1.88. The molecule has 1 saturated heterocycles. The van der Waals surface area contributed by atoms with Crippen LogP contribution in [0.3, 0.4) is 0 Å². The van der Waals surface area contributed by atoms with Gasteiger partial charge in [-0.3, -0.25) is 4.79 Å². The molecule has 1 heterocycles. The molecule has 3 amide bonds. The largest absolute Gasteiger partial charge is 0.480 e. The van der Waals surface area contributed by atoms with E-state index in [-0.39, 0.29) is 12.5 Å². The lowest BCUT2D eigenvalue weighted by molar-refractivity contribution is -0.157. The average molecular weight is 254 g/mol. The van der Waals surface area contributed by atoms with Gasteiger partial charge in [0.25, 0.3) is 0 Å². The predicted molar refractivity (Wildman–Crippen MR) is 62.8 cm³/mol. The van der Waals surface area contributed by atoms with Crippen LogP contribution in [0.25, 0.3) is 0 Å². The Morgan fingerprint density at radius 3 is 2.39 bits per heavy atom. The molecule has 0 radical (unpaired) electrons. The number of amides is 3. The van der Waals surface area contributed by atoms with Crippen LogP contribution in [0.5, 0.6) is 0 Å². The molecule has 0 aromatic rings. The molecule has 2 fully saturated rings. The zero-order valence-electron chi connectivity index (χ0n) is 10.4. The molecule has 6 heteroatoms. The lowest BCUT2D eigenvalue weighted by Crippen LogP contribution is -2.62. The maximum atomic E-state index is 11.8. The van der Waals surface area contributed by atoms with Crippen molar-refractivity contribution >= 4 is 17.9 Å². The third-order valence-corrected chi connectivity index (χ3v) is 3.80. The van der Waals surface area contributed by atoms with Gasteiger partial charge in [0.2, 0.25) is 5.91 Å². The van der Waals surface area contributed by atoms with Crippen LogP contribution in [-0.2, 0) is 9.59 Å². The predicted octanol–water partition coefficient (Wildman–Crippen LogP) is 0.960. The van der Waals surface area contributed by atoms with Crippen LogP contribution in [-0.4, -0.2) is 40.0 Å². The molecule has 1 saturated carbocycles. The van der Waals surface area contributed by atoms with Gasteiger partial charge >= 0.3 is 12.0 Å². The highest BCUT2D eigenvalue weighted by molar-refractivity contribution is 6.05. The second-order valence-electron chi connectivity index (χ2n) is 5.23. The number of carboxylic acids is 1. The maximum absolute atomic E-state index is 11.8. The number of β-lactam (4-membered cyclic amide) rings is 1. The molecule has 100 valence electrons. The van der Waals surface area contributed by atoms with Gasteiger partial charge in [-0.15, -0.1) is 0 Å². The highest BCUT2D eigenvalue weighted by Crippen LogP contribution is 2.25. The van der Waals surface area contributed by atoms with Gasteiger partial charge in [0.1, 0.15) is 6.04 Å². The van der Waals surface area contributed by atoms with Crippen molar-refractivity contribution in [2.45, 2.75) is 51.1 Å². The third-order valence-electron chi connectivity index (χ3n) is 3.80. The summed E-state index contributed by atoms with van der Waals surface area (Å²) in [7, 11) is 0. The van der Waals surface area contributed by atoms with Gasteiger partial charge in [-0.05, 0) is 31.6 Å². The van der Waals surface area contributed by atoms with Crippen LogP contribution in [0.2, 0.25) is 0 Å². The molecule has 2 N–H and O–H groups in total. The van der Waals surface area contributed by atoms with Crippen LogP contribution in [0, 0.1) is 5.92 Å². The summed E-state index contributed by atoms with van der Waals surface area (Å²) in [4.78, 5) is 34.7. The number of carbonyl (C=O) groups excluding carboxylic acids is 2. The summed E-state index contributed by atoms with van der Waals surface area (Å²) in [5.74, 6) is -0.860. The number of rotatable bonds is 2.